The fourth-order valence-corrected chi connectivity index (χ4v) is 2.57. The molecule has 2 aromatic heterocycles. The lowest BCUT2D eigenvalue weighted by Gasteiger charge is -2.08. The van der Waals surface area contributed by atoms with Gasteiger partial charge in [-0.25, -0.2) is 13.3 Å². The minimum atomic E-state index is -0.654. The molecule has 0 N–H and O–H groups in total. The van der Waals surface area contributed by atoms with Gasteiger partial charge in [-0.05, 0) is 24.3 Å². The van der Waals surface area contributed by atoms with E-state index in [9.17, 15) is 13.6 Å². The fraction of sp³-hybridized carbons (Fsp3) is 0. The third-order valence-electron chi connectivity index (χ3n) is 2.66. The van der Waals surface area contributed by atoms with Gasteiger partial charge >= 0.3 is 0 Å². The van der Waals surface area contributed by atoms with Gasteiger partial charge < -0.3 is 0 Å². The predicted molar refractivity (Wildman–Crippen MR) is 73.4 cm³/mol. The Kier molecular flexibility index (Phi) is 2.85. The Morgan fingerprint density at radius 3 is 2.74 bits per heavy atom. The second-order valence-electron chi connectivity index (χ2n) is 3.85. The molecule has 2 heterocycles. The van der Waals surface area contributed by atoms with E-state index in [1.165, 1.54) is 33.5 Å². The molecule has 7 heteroatoms. The largest absolute Gasteiger partial charge is 0.286 e. The number of fused-ring (bicyclic) bond motifs is 1. The highest BCUT2D eigenvalue weighted by Gasteiger charge is 2.14. The summed E-state index contributed by atoms with van der Waals surface area (Å²) in [6, 6.07) is 6.67. The van der Waals surface area contributed by atoms with Gasteiger partial charge in [-0.3, -0.25) is 9.36 Å². The van der Waals surface area contributed by atoms with Gasteiger partial charge in [0.1, 0.15) is 5.82 Å². The average Bonchev–Trinajstić information content (AvgIpc) is 2.71. The Labute approximate surface area is 119 Å². The smallest absolute Gasteiger partial charge is 0.266 e. The highest BCUT2D eigenvalue weighted by atomic mass is 127. The van der Waals surface area contributed by atoms with Gasteiger partial charge in [0.05, 0.1) is 5.69 Å². The summed E-state index contributed by atoms with van der Waals surface area (Å²) in [4.78, 5) is 12.3. The van der Waals surface area contributed by atoms with Crippen molar-refractivity contribution in [3.63, 3.8) is 0 Å². The van der Waals surface area contributed by atoms with Gasteiger partial charge in [-0.2, -0.15) is 0 Å². The summed E-state index contributed by atoms with van der Waals surface area (Å²) < 4.78 is 29.5. The van der Waals surface area contributed by atoms with Gasteiger partial charge in [0.15, 0.2) is 15.2 Å². The van der Waals surface area contributed by atoms with E-state index in [1.807, 2.05) is 22.6 Å². The third-order valence-corrected chi connectivity index (χ3v) is 3.36. The Balaban J connectivity index is 2.41. The maximum atomic E-state index is 13.6. The maximum Gasteiger partial charge on any atom is 0.286 e. The average molecular weight is 373 g/mol. The molecular formula is C12H6F2IN3O. The summed E-state index contributed by atoms with van der Waals surface area (Å²) in [5.41, 5.74) is -0.429. The molecule has 0 aliphatic carbocycles. The van der Waals surface area contributed by atoms with Crippen LogP contribution < -0.4 is 5.56 Å². The first-order valence-corrected chi connectivity index (χ1v) is 6.37. The van der Waals surface area contributed by atoms with Crippen molar-refractivity contribution in [3.05, 3.63) is 62.3 Å². The number of hydrogen-bond donors (Lipinski definition) is 0. The van der Waals surface area contributed by atoms with Gasteiger partial charge in [-0.15, -0.1) is 5.10 Å². The fourth-order valence-electron chi connectivity index (χ4n) is 1.84. The number of benzene rings is 1. The van der Waals surface area contributed by atoms with Crippen molar-refractivity contribution in [1.29, 1.82) is 0 Å². The second kappa shape index (κ2) is 4.41. The van der Waals surface area contributed by atoms with E-state index >= 15 is 0 Å². The molecule has 4 nitrogen and oxygen atoms in total. The van der Waals surface area contributed by atoms with Crippen LogP contribution in [0.4, 0.5) is 8.78 Å². The molecule has 0 aliphatic rings. The van der Waals surface area contributed by atoms with Gasteiger partial charge in [-0.1, -0.05) is 6.07 Å². The second-order valence-corrected chi connectivity index (χ2v) is 4.81. The maximum absolute atomic E-state index is 13.6. The van der Waals surface area contributed by atoms with E-state index in [0.29, 0.717) is 9.52 Å². The zero-order valence-corrected chi connectivity index (χ0v) is 11.5. The lowest BCUT2D eigenvalue weighted by Crippen LogP contribution is -2.25. The molecule has 3 rings (SSSR count). The highest BCUT2D eigenvalue weighted by molar-refractivity contribution is 14.1. The lowest BCUT2D eigenvalue weighted by molar-refractivity contribution is 0.624. The number of hydrogen-bond acceptors (Lipinski definition) is 2. The highest BCUT2D eigenvalue weighted by Crippen LogP contribution is 2.13. The van der Waals surface area contributed by atoms with E-state index in [1.54, 1.807) is 6.07 Å². The number of aromatic nitrogens is 3. The van der Waals surface area contributed by atoms with Crippen LogP contribution in [0.25, 0.3) is 11.2 Å². The van der Waals surface area contributed by atoms with E-state index in [4.69, 9.17) is 0 Å². The standard InChI is InChI=1S/C12H6F2IN3O/c13-7-2-1-3-8(6-7)18-11(19)10-9(14)4-5-17(10)16-12(18)15/h1-6H. The molecule has 0 fully saturated rings. The molecule has 0 amide bonds. The first-order valence-electron chi connectivity index (χ1n) is 5.29. The normalized spacial score (nSPS) is 11.1. The van der Waals surface area contributed by atoms with E-state index < -0.39 is 17.2 Å². The summed E-state index contributed by atoms with van der Waals surface area (Å²) >= 11 is 1.84. The topological polar surface area (TPSA) is 39.3 Å². The summed E-state index contributed by atoms with van der Waals surface area (Å²) in [6.45, 7) is 0. The van der Waals surface area contributed by atoms with Crippen LogP contribution in [-0.4, -0.2) is 14.2 Å². The Bertz CT molecular complexity index is 841. The van der Waals surface area contributed by atoms with Crippen LogP contribution in [0.5, 0.6) is 0 Å². The Morgan fingerprint density at radius 2 is 2.00 bits per heavy atom. The quantitative estimate of drug-likeness (QED) is 0.615. The molecule has 96 valence electrons. The first kappa shape index (κ1) is 12.3. The summed E-state index contributed by atoms with van der Waals surface area (Å²) in [7, 11) is 0. The molecule has 1 aromatic carbocycles. The Morgan fingerprint density at radius 1 is 1.21 bits per heavy atom. The lowest BCUT2D eigenvalue weighted by atomic mass is 10.3. The number of halogens is 3. The van der Waals surface area contributed by atoms with Gasteiger partial charge in [0, 0.05) is 28.8 Å². The summed E-state index contributed by atoms with van der Waals surface area (Å²) in [5, 5.41) is 4.07. The minimum absolute atomic E-state index is 0.162. The van der Waals surface area contributed by atoms with Gasteiger partial charge in [0.25, 0.3) is 5.56 Å². The van der Waals surface area contributed by atoms with Crippen molar-refractivity contribution in [1.82, 2.24) is 14.2 Å². The van der Waals surface area contributed by atoms with Crippen molar-refractivity contribution >= 4 is 28.1 Å². The van der Waals surface area contributed by atoms with Crippen molar-refractivity contribution in [2.24, 2.45) is 0 Å². The van der Waals surface area contributed by atoms with Gasteiger partial charge in [0.2, 0.25) is 0 Å². The van der Waals surface area contributed by atoms with Crippen LogP contribution in [0.1, 0.15) is 0 Å². The van der Waals surface area contributed by atoms with Crippen LogP contribution >= 0.6 is 22.6 Å². The molecular weight excluding hydrogens is 367 g/mol. The summed E-state index contributed by atoms with van der Waals surface area (Å²) in [5.74, 6) is -1.13. The SMILES string of the molecule is O=c1c2c(F)ccn2nc(I)n1-c1cccc(F)c1. The van der Waals surface area contributed by atoms with E-state index in [0.717, 1.165) is 6.07 Å². The van der Waals surface area contributed by atoms with Crippen molar-refractivity contribution < 1.29 is 8.78 Å². The van der Waals surface area contributed by atoms with Crippen LogP contribution in [0.3, 0.4) is 0 Å². The molecule has 3 aromatic rings. The van der Waals surface area contributed by atoms with Crippen LogP contribution in [0.15, 0.2) is 41.3 Å². The molecule has 0 unspecified atom stereocenters. The zero-order valence-electron chi connectivity index (χ0n) is 9.35. The van der Waals surface area contributed by atoms with Crippen molar-refractivity contribution in [3.8, 4) is 5.69 Å². The number of rotatable bonds is 1. The van der Waals surface area contributed by atoms with Crippen LogP contribution in [0, 0.1) is 15.5 Å². The molecule has 0 radical (unpaired) electrons. The first-order chi connectivity index (χ1) is 9.08. The van der Waals surface area contributed by atoms with Crippen LogP contribution in [-0.2, 0) is 0 Å². The zero-order chi connectivity index (χ0) is 13.6. The van der Waals surface area contributed by atoms with E-state index in [2.05, 4.69) is 5.10 Å². The van der Waals surface area contributed by atoms with Crippen molar-refractivity contribution in [2.75, 3.05) is 0 Å². The molecule has 0 aliphatic heterocycles. The molecule has 19 heavy (non-hydrogen) atoms. The number of nitrogens with zero attached hydrogens (tertiary/aromatic N) is 3. The molecule has 0 bridgehead atoms. The Hall–Kier alpha value is -1.77. The van der Waals surface area contributed by atoms with E-state index in [-0.39, 0.29) is 5.52 Å². The molecule has 0 atom stereocenters. The molecule has 0 saturated heterocycles. The minimum Gasteiger partial charge on any atom is -0.266 e. The molecule has 0 spiro atoms. The predicted octanol–water partition coefficient (Wildman–Crippen LogP) is 2.37. The van der Waals surface area contributed by atoms with Crippen molar-refractivity contribution in [2.45, 2.75) is 0 Å². The molecule has 0 saturated carbocycles. The summed E-state index contributed by atoms with van der Waals surface area (Å²) in [6.07, 6.45) is 1.37. The third kappa shape index (κ3) is 1.93. The van der Waals surface area contributed by atoms with Crippen LogP contribution in [0.2, 0.25) is 0 Å². The monoisotopic (exact) mass is 373 g/mol.